The van der Waals surface area contributed by atoms with Crippen LogP contribution in [0.25, 0.3) is 100 Å². The predicted octanol–water partition coefficient (Wildman–Crippen LogP) is 12.7. The van der Waals surface area contributed by atoms with Crippen molar-refractivity contribution in [2.45, 2.75) is 0 Å². The van der Waals surface area contributed by atoms with Crippen LogP contribution in [0.5, 0.6) is 0 Å². The van der Waals surface area contributed by atoms with Crippen molar-refractivity contribution in [2.24, 2.45) is 0 Å². The molecule has 3 aromatic heterocycles. The lowest BCUT2D eigenvalue weighted by molar-refractivity contribution is 1.07. The first kappa shape index (κ1) is 31.9. The Morgan fingerprint density at radius 1 is 0.268 bits per heavy atom. The summed E-state index contributed by atoms with van der Waals surface area (Å²) in [6.07, 6.45) is 0. The molecule has 11 aromatic rings. The van der Waals surface area contributed by atoms with Crippen LogP contribution in [-0.2, 0) is 0 Å². The lowest BCUT2D eigenvalue weighted by Gasteiger charge is -2.14. The van der Waals surface area contributed by atoms with E-state index in [4.69, 9.17) is 15.0 Å². The van der Waals surface area contributed by atoms with Crippen LogP contribution in [0.3, 0.4) is 0 Å². The molecule has 0 bridgehead atoms. The molecule has 56 heavy (non-hydrogen) atoms. The summed E-state index contributed by atoms with van der Waals surface area (Å²) < 4.78 is 4.88. The minimum absolute atomic E-state index is 0.640. The third-order valence-electron chi connectivity index (χ3n) is 10.8. The van der Waals surface area contributed by atoms with E-state index in [1.807, 2.05) is 60.7 Å². The maximum atomic E-state index is 4.95. The molecule has 0 N–H and O–H groups in total. The molecule has 0 saturated carbocycles. The maximum absolute atomic E-state index is 4.95. The molecule has 0 atom stereocenters. The smallest absolute Gasteiger partial charge is 0.164 e. The van der Waals surface area contributed by atoms with Crippen molar-refractivity contribution in [3.05, 3.63) is 200 Å². The van der Waals surface area contributed by atoms with E-state index in [1.165, 1.54) is 43.6 Å². The van der Waals surface area contributed by atoms with E-state index in [9.17, 15) is 0 Å². The Morgan fingerprint density at radius 3 is 1.20 bits per heavy atom. The van der Waals surface area contributed by atoms with Gasteiger partial charge in [0.05, 0.1) is 22.1 Å². The number of para-hydroxylation sites is 3. The van der Waals surface area contributed by atoms with E-state index in [1.54, 1.807) is 0 Å². The van der Waals surface area contributed by atoms with Gasteiger partial charge in [-0.2, -0.15) is 0 Å². The Bertz CT molecular complexity index is 3160. The largest absolute Gasteiger partial charge is 0.307 e. The van der Waals surface area contributed by atoms with Crippen molar-refractivity contribution in [1.82, 2.24) is 24.1 Å². The van der Waals surface area contributed by atoms with E-state index in [0.29, 0.717) is 17.5 Å². The van der Waals surface area contributed by atoms with E-state index in [2.05, 4.69) is 149 Å². The zero-order chi connectivity index (χ0) is 37.0. The second-order valence-electron chi connectivity index (χ2n) is 14.1. The fourth-order valence-electron chi connectivity index (χ4n) is 8.19. The zero-order valence-corrected chi connectivity index (χ0v) is 30.3. The van der Waals surface area contributed by atoms with Crippen molar-refractivity contribution in [2.75, 3.05) is 0 Å². The number of nitrogens with zero attached hydrogens (tertiary/aromatic N) is 5. The van der Waals surface area contributed by atoms with Gasteiger partial charge >= 0.3 is 0 Å². The summed E-state index contributed by atoms with van der Waals surface area (Å²) in [6.45, 7) is 0. The quantitative estimate of drug-likeness (QED) is 0.172. The van der Waals surface area contributed by atoms with Gasteiger partial charge in [0.15, 0.2) is 17.5 Å². The van der Waals surface area contributed by atoms with Crippen LogP contribution in [0.4, 0.5) is 0 Å². The molecule has 0 amide bonds. The van der Waals surface area contributed by atoms with Crippen LogP contribution in [-0.4, -0.2) is 24.1 Å². The third kappa shape index (κ3) is 5.21. The standard InChI is InChI=1S/C51H33N5/c1-4-15-35(16-5-1)49-52-50(36-17-6-2-7-18-36)54-51(53-49)37-29-27-34(28-30-37)38-19-14-22-40(33-38)56-46-26-13-11-24-42(46)44-32-31-43-41-23-10-12-25-45(41)55(47(43)48(44)56)39-20-8-3-9-21-39/h1-33H. The van der Waals surface area contributed by atoms with Gasteiger partial charge in [-0.25, -0.2) is 15.0 Å². The second kappa shape index (κ2) is 13.0. The van der Waals surface area contributed by atoms with Crippen LogP contribution in [0.15, 0.2) is 200 Å². The van der Waals surface area contributed by atoms with Crippen molar-refractivity contribution in [1.29, 1.82) is 0 Å². The second-order valence-corrected chi connectivity index (χ2v) is 14.1. The summed E-state index contributed by atoms with van der Waals surface area (Å²) in [5.41, 5.74) is 12.1. The molecule has 0 unspecified atom stereocenters. The molecule has 5 nitrogen and oxygen atoms in total. The molecule has 0 spiro atoms. The lowest BCUT2D eigenvalue weighted by Crippen LogP contribution is -2.00. The van der Waals surface area contributed by atoms with Gasteiger partial charge in [-0.15, -0.1) is 0 Å². The van der Waals surface area contributed by atoms with Crippen LogP contribution in [0.2, 0.25) is 0 Å². The lowest BCUT2D eigenvalue weighted by atomic mass is 10.0. The highest BCUT2D eigenvalue weighted by atomic mass is 15.0. The third-order valence-corrected chi connectivity index (χ3v) is 10.8. The molecule has 262 valence electrons. The van der Waals surface area contributed by atoms with Crippen LogP contribution in [0.1, 0.15) is 0 Å². The first-order chi connectivity index (χ1) is 27.8. The highest BCUT2D eigenvalue weighted by Gasteiger charge is 2.21. The van der Waals surface area contributed by atoms with Gasteiger partial charge in [0.25, 0.3) is 0 Å². The Kier molecular flexibility index (Phi) is 7.42. The number of fused-ring (bicyclic) bond motifs is 7. The molecule has 11 rings (SSSR count). The molecule has 5 heteroatoms. The van der Waals surface area contributed by atoms with E-state index < -0.39 is 0 Å². The van der Waals surface area contributed by atoms with Crippen molar-refractivity contribution in [3.8, 4) is 56.7 Å². The fraction of sp³-hybridized carbons (Fsp3) is 0. The van der Waals surface area contributed by atoms with E-state index >= 15 is 0 Å². The summed E-state index contributed by atoms with van der Waals surface area (Å²) in [5.74, 6) is 1.94. The fourth-order valence-corrected chi connectivity index (χ4v) is 8.19. The first-order valence-corrected chi connectivity index (χ1v) is 18.9. The molecule has 8 aromatic carbocycles. The maximum Gasteiger partial charge on any atom is 0.164 e. The van der Waals surface area contributed by atoms with Crippen LogP contribution >= 0.6 is 0 Å². The molecule has 0 aliphatic rings. The average Bonchev–Trinajstić information content (AvgIpc) is 3.80. The number of aromatic nitrogens is 5. The van der Waals surface area contributed by atoms with Gasteiger partial charge in [-0.1, -0.05) is 164 Å². The number of hydrogen-bond donors (Lipinski definition) is 0. The Balaban J connectivity index is 1.07. The van der Waals surface area contributed by atoms with Gasteiger partial charge in [0.1, 0.15) is 0 Å². The number of hydrogen-bond acceptors (Lipinski definition) is 3. The summed E-state index contributed by atoms with van der Waals surface area (Å²) in [6, 6.07) is 70.4. The minimum atomic E-state index is 0.640. The molecule has 0 aliphatic carbocycles. The number of rotatable bonds is 6. The molecule has 0 saturated heterocycles. The van der Waals surface area contributed by atoms with Crippen LogP contribution < -0.4 is 0 Å². The Hall–Kier alpha value is -7.63. The Morgan fingerprint density at radius 2 is 0.661 bits per heavy atom. The molecule has 0 aliphatic heterocycles. The topological polar surface area (TPSA) is 48.5 Å². The van der Waals surface area contributed by atoms with Crippen LogP contribution in [0, 0.1) is 0 Å². The normalized spacial score (nSPS) is 11.6. The highest BCUT2D eigenvalue weighted by molar-refractivity contribution is 6.23. The van der Waals surface area contributed by atoms with Gasteiger partial charge in [0.2, 0.25) is 0 Å². The van der Waals surface area contributed by atoms with Gasteiger partial charge in [-0.3, -0.25) is 0 Å². The summed E-state index contributed by atoms with van der Waals surface area (Å²) >= 11 is 0. The molecular formula is C51H33N5. The molecule has 0 radical (unpaired) electrons. The summed E-state index contributed by atoms with van der Waals surface area (Å²) in [7, 11) is 0. The SMILES string of the molecule is c1ccc(-c2nc(-c3ccccc3)nc(-c3ccc(-c4cccc(-n5c6ccccc6c6ccc7c8ccccc8n(-c8ccccc8)c7c65)c4)cc3)n2)cc1. The summed E-state index contributed by atoms with van der Waals surface area (Å²) in [5, 5.41) is 4.93. The molecule has 0 fully saturated rings. The van der Waals surface area contributed by atoms with Crippen molar-refractivity contribution < 1.29 is 0 Å². The molecular weight excluding hydrogens is 683 g/mol. The van der Waals surface area contributed by atoms with E-state index in [-0.39, 0.29) is 0 Å². The number of benzene rings is 8. The predicted molar refractivity (Wildman–Crippen MR) is 230 cm³/mol. The first-order valence-electron chi connectivity index (χ1n) is 18.9. The monoisotopic (exact) mass is 715 g/mol. The summed E-state index contributed by atoms with van der Waals surface area (Å²) in [4.78, 5) is 14.8. The Labute approximate surface area is 323 Å². The molecule has 3 heterocycles. The zero-order valence-electron chi connectivity index (χ0n) is 30.3. The average molecular weight is 716 g/mol. The minimum Gasteiger partial charge on any atom is -0.307 e. The van der Waals surface area contributed by atoms with Gasteiger partial charge < -0.3 is 9.13 Å². The van der Waals surface area contributed by atoms with Crippen molar-refractivity contribution >= 4 is 43.6 Å². The van der Waals surface area contributed by atoms with Crippen molar-refractivity contribution in [3.63, 3.8) is 0 Å². The van der Waals surface area contributed by atoms with Gasteiger partial charge in [0, 0.05) is 49.6 Å². The van der Waals surface area contributed by atoms with E-state index in [0.717, 1.165) is 39.2 Å². The highest BCUT2D eigenvalue weighted by Crippen LogP contribution is 2.42. The van der Waals surface area contributed by atoms with Gasteiger partial charge in [-0.05, 0) is 47.5 Å².